The lowest BCUT2D eigenvalue weighted by Gasteiger charge is -2.01. The Labute approximate surface area is 72.3 Å². The topological polar surface area (TPSA) is 45.9 Å². The maximum absolute atomic E-state index is 10.3. The molecule has 0 amide bonds. The van der Waals surface area contributed by atoms with Crippen LogP contribution in [-0.4, -0.2) is 6.61 Å². The molecule has 0 unspecified atom stereocenters. The molecule has 0 aliphatic carbocycles. The van der Waals surface area contributed by atoms with Crippen molar-refractivity contribution in [2.24, 2.45) is 0 Å². The van der Waals surface area contributed by atoms with Gasteiger partial charge < -0.3 is 5.73 Å². The minimum absolute atomic E-state index is 0.180. The highest BCUT2D eigenvalue weighted by Crippen LogP contribution is 2.15. The van der Waals surface area contributed by atoms with Gasteiger partial charge in [-0.1, -0.05) is 18.2 Å². The second-order valence-electron chi connectivity index (χ2n) is 2.68. The zero-order chi connectivity index (χ0) is 8.97. The van der Waals surface area contributed by atoms with Gasteiger partial charge in [0.1, 0.15) is 6.61 Å². The fourth-order valence-corrected chi connectivity index (χ4v) is 1.03. The van der Waals surface area contributed by atoms with E-state index in [1.165, 1.54) is 0 Å². The first kappa shape index (κ1) is 8.81. The average molecular weight is 162 g/mol. The van der Waals surface area contributed by atoms with Gasteiger partial charge in [0, 0.05) is 5.69 Å². The molecule has 0 saturated heterocycles. The first-order valence-electron chi connectivity index (χ1n) is 3.85. The number of anilines is 1. The third-order valence-electron chi connectivity index (χ3n) is 1.73. The summed E-state index contributed by atoms with van der Waals surface area (Å²) in [5.41, 5.74) is 8.32. The fraction of sp³-hybridized carbons (Fsp3) is 0.200. The molecule has 0 saturated carbocycles. The van der Waals surface area contributed by atoms with E-state index in [0.717, 1.165) is 16.8 Å². The van der Waals surface area contributed by atoms with Crippen LogP contribution in [0, 0.1) is 0 Å². The molecule has 2 nitrogen and oxygen atoms in total. The minimum Gasteiger partial charge on any atom is -0.399 e. The summed E-state index contributed by atoms with van der Waals surface area (Å²) in [6, 6.07) is 7.51. The van der Waals surface area contributed by atoms with Crippen molar-refractivity contribution in [1.29, 1.82) is 0 Å². The predicted molar refractivity (Wildman–Crippen MR) is 50.1 cm³/mol. The zero-order valence-electron chi connectivity index (χ0n) is 7.08. The highest BCUT2D eigenvalue weighted by atomic mass is 16.2. The van der Waals surface area contributed by atoms with Gasteiger partial charge in [-0.2, -0.15) is 0 Å². The number of hydrogen-bond acceptors (Lipinski definition) is 1. The SMILES string of the molecule is C/C(=C\C[O])c1cccc(N)c1. The normalized spacial score (nSPS) is 11.7. The Morgan fingerprint density at radius 1 is 1.58 bits per heavy atom. The van der Waals surface area contributed by atoms with E-state index < -0.39 is 0 Å². The summed E-state index contributed by atoms with van der Waals surface area (Å²) in [6.45, 7) is 1.73. The van der Waals surface area contributed by atoms with E-state index in [1.807, 2.05) is 31.2 Å². The number of hydrogen-bond donors (Lipinski definition) is 1. The van der Waals surface area contributed by atoms with Crippen molar-refractivity contribution in [1.82, 2.24) is 0 Å². The van der Waals surface area contributed by atoms with E-state index in [-0.39, 0.29) is 6.61 Å². The first-order chi connectivity index (χ1) is 5.74. The smallest absolute Gasteiger partial charge is 0.101 e. The van der Waals surface area contributed by atoms with E-state index in [0.29, 0.717) is 0 Å². The lowest BCUT2D eigenvalue weighted by Crippen LogP contribution is -1.87. The van der Waals surface area contributed by atoms with Crippen LogP contribution in [0.15, 0.2) is 30.3 Å². The molecular weight excluding hydrogens is 150 g/mol. The molecule has 12 heavy (non-hydrogen) atoms. The molecule has 0 aliphatic heterocycles. The molecule has 0 fully saturated rings. The van der Waals surface area contributed by atoms with Gasteiger partial charge in [0.2, 0.25) is 0 Å². The van der Waals surface area contributed by atoms with Crippen LogP contribution >= 0.6 is 0 Å². The second-order valence-corrected chi connectivity index (χ2v) is 2.68. The molecule has 0 bridgehead atoms. The lowest BCUT2D eigenvalue weighted by atomic mass is 10.1. The van der Waals surface area contributed by atoms with Crippen molar-refractivity contribution in [3.05, 3.63) is 35.9 Å². The third kappa shape index (κ3) is 2.10. The van der Waals surface area contributed by atoms with Crippen LogP contribution in [0.4, 0.5) is 5.69 Å². The summed E-state index contributed by atoms with van der Waals surface area (Å²) in [4.78, 5) is 0. The van der Waals surface area contributed by atoms with Crippen molar-refractivity contribution in [2.75, 3.05) is 12.3 Å². The van der Waals surface area contributed by atoms with Gasteiger partial charge in [-0.15, -0.1) is 0 Å². The van der Waals surface area contributed by atoms with Gasteiger partial charge in [-0.05, 0) is 30.2 Å². The molecule has 1 aromatic carbocycles. The van der Waals surface area contributed by atoms with Crippen molar-refractivity contribution in [2.45, 2.75) is 6.92 Å². The van der Waals surface area contributed by atoms with Crippen LogP contribution in [0.5, 0.6) is 0 Å². The largest absolute Gasteiger partial charge is 0.399 e. The summed E-state index contributed by atoms with van der Waals surface area (Å²) < 4.78 is 0. The molecule has 0 atom stereocenters. The number of nitrogens with two attached hydrogens (primary N) is 1. The molecule has 63 valence electrons. The molecule has 2 N–H and O–H groups in total. The second kappa shape index (κ2) is 3.93. The zero-order valence-corrected chi connectivity index (χ0v) is 7.08. The van der Waals surface area contributed by atoms with E-state index in [4.69, 9.17) is 5.73 Å². The van der Waals surface area contributed by atoms with E-state index in [2.05, 4.69) is 0 Å². The number of allylic oxidation sites excluding steroid dienone is 1. The van der Waals surface area contributed by atoms with Crippen LogP contribution in [0.1, 0.15) is 12.5 Å². The van der Waals surface area contributed by atoms with Gasteiger partial charge in [0.05, 0.1) is 0 Å². The van der Waals surface area contributed by atoms with Crippen molar-refractivity contribution < 1.29 is 5.11 Å². The first-order valence-corrected chi connectivity index (χ1v) is 3.85. The summed E-state index contributed by atoms with van der Waals surface area (Å²) in [5, 5.41) is 10.3. The molecule has 1 rings (SSSR count). The Bertz CT molecular complexity index is 292. The number of nitrogen functional groups attached to an aromatic ring is 1. The molecule has 0 heterocycles. The fourth-order valence-electron chi connectivity index (χ4n) is 1.03. The van der Waals surface area contributed by atoms with Crippen molar-refractivity contribution >= 4 is 11.3 Å². The van der Waals surface area contributed by atoms with Gasteiger partial charge >= 0.3 is 0 Å². The summed E-state index contributed by atoms with van der Waals surface area (Å²) in [5.74, 6) is 0. The number of rotatable bonds is 2. The van der Waals surface area contributed by atoms with Gasteiger partial charge in [-0.25, -0.2) is 5.11 Å². The lowest BCUT2D eigenvalue weighted by molar-refractivity contribution is 0.232. The molecule has 0 spiro atoms. The van der Waals surface area contributed by atoms with E-state index >= 15 is 0 Å². The molecule has 2 heteroatoms. The maximum Gasteiger partial charge on any atom is 0.101 e. The van der Waals surface area contributed by atoms with Crippen LogP contribution in [-0.2, 0) is 5.11 Å². The molecule has 1 radical (unpaired) electrons. The summed E-state index contributed by atoms with van der Waals surface area (Å²) in [6.07, 6.45) is 1.65. The Balaban J connectivity index is 2.95. The Morgan fingerprint density at radius 2 is 2.33 bits per heavy atom. The standard InChI is InChI=1S/C10H12NO/c1-8(5-6-12)9-3-2-4-10(11)7-9/h2-5,7H,6,11H2,1H3/b8-5+. The Kier molecular flexibility index (Phi) is 2.88. The predicted octanol–water partition coefficient (Wildman–Crippen LogP) is 2.10. The highest BCUT2D eigenvalue weighted by Gasteiger charge is 1.94. The quantitative estimate of drug-likeness (QED) is 0.665. The number of benzene rings is 1. The summed E-state index contributed by atoms with van der Waals surface area (Å²) >= 11 is 0. The van der Waals surface area contributed by atoms with Gasteiger partial charge in [-0.3, -0.25) is 0 Å². The molecule has 0 aromatic heterocycles. The van der Waals surface area contributed by atoms with E-state index in [9.17, 15) is 5.11 Å². The maximum atomic E-state index is 10.3. The Morgan fingerprint density at radius 3 is 2.92 bits per heavy atom. The van der Waals surface area contributed by atoms with Gasteiger partial charge in [0.15, 0.2) is 0 Å². The van der Waals surface area contributed by atoms with Crippen LogP contribution in [0.3, 0.4) is 0 Å². The monoisotopic (exact) mass is 162 g/mol. The molecule has 0 aliphatic rings. The van der Waals surface area contributed by atoms with Crippen LogP contribution in [0.2, 0.25) is 0 Å². The molecule has 1 aromatic rings. The Hall–Kier alpha value is -1.28. The minimum atomic E-state index is -0.180. The van der Waals surface area contributed by atoms with Crippen LogP contribution < -0.4 is 5.73 Å². The average Bonchev–Trinajstić information content (AvgIpc) is 2.05. The van der Waals surface area contributed by atoms with Crippen molar-refractivity contribution in [3.63, 3.8) is 0 Å². The van der Waals surface area contributed by atoms with Gasteiger partial charge in [0.25, 0.3) is 0 Å². The van der Waals surface area contributed by atoms with E-state index in [1.54, 1.807) is 6.08 Å². The van der Waals surface area contributed by atoms with Crippen molar-refractivity contribution in [3.8, 4) is 0 Å². The summed E-state index contributed by atoms with van der Waals surface area (Å²) in [7, 11) is 0. The molecular formula is C10H12NO. The highest BCUT2D eigenvalue weighted by molar-refractivity contribution is 5.66. The van der Waals surface area contributed by atoms with Crippen LogP contribution in [0.25, 0.3) is 5.57 Å². The third-order valence-corrected chi connectivity index (χ3v) is 1.73.